The summed E-state index contributed by atoms with van der Waals surface area (Å²) in [5, 5.41) is 3.97. The summed E-state index contributed by atoms with van der Waals surface area (Å²) in [6, 6.07) is 22.5. The molecule has 2 aromatic heterocycles. The SMILES string of the molecule is Cc1cc(C)nc(NC(=O)/C=C/c2cn(Cc3ccccc3)c3ccccc23)c1. The molecule has 0 saturated heterocycles. The Morgan fingerprint density at radius 2 is 1.79 bits per heavy atom. The van der Waals surface area contributed by atoms with Gasteiger partial charge in [-0.25, -0.2) is 4.98 Å². The number of benzene rings is 2. The highest BCUT2D eigenvalue weighted by molar-refractivity contribution is 6.03. The predicted molar refractivity (Wildman–Crippen MR) is 119 cm³/mol. The molecular formula is C25H23N3O. The lowest BCUT2D eigenvalue weighted by molar-refractivity contribution is -0.111. The third kappa shape index (κ3) is 4.43. The summed E-state index contributed by atoms with van der Waals surface area (Å²) in [7, 11) is 0. The molecule has 0 spiro atoms. The van der Waals surface area contributed by atoms with E-state index in [1.807, 2.05) is 62.4 Å². The number of para-hydroxylation sites is 1. The molecule has 1 amide bonds. The van der Waals surface area contributed by atoms with Gasteiger partial charge in [-0.05, 0) is 49.2 Å². The molecule has 4 rings (SSSR count). The van der Waals surface area contributed by atoms with Gasteiger partial charge in [0.2, 0.25) is 5.91 Å². The molecule has 4 nitrogen and oxygen atoms in total. The molecule has 0 aliphatic carbocycles. The topological polar surface area (TPSA) is 46.9 Å². The highest BCUT2D eigenvalue weighted by Crippen LogP contribution is 2.23. The van der Waals surface area contributed by atoms with Crippen molar-refractivity contribution in [1.82, 2.24) is 9.55 Å². The van der Waals surface area contributed by atoms with Crippen LogP contribution < -0.4 is 5.32 Å². The van der Waals surface area contributed by atoms with Crippen molar-refractivity contribution in [3.05, 3.63) is 101 Å². The molecule has 4 heteroatoms. The molecule has 4 aromatic rings. The first-order valence-electron chi connectivity index (χ1n) is 9.65. The van der Waals surface area contributed by atoms with Crippen LogP contribution in [0.5, 0.6) is 0 Å². The molecule has 0 aliphatic heterocycles. The second-order valence-electron chi connectivity index (χ2n) is 7.21. The van der Waals surface area contributed by atoms with E-state index in [1.54, 1.807) is 6.08 Å². The van der Waals surface area contributed by atoms with E-state index in [0.717, 1.165) is 34.3 Å². The number of amides is 1. The minimum atomic E-state index is -0.192. The molecule has 2 aromatic carbocycles. The minimum absolute atomic E-state index is 0.192. The maximum atomic E-state index is 12.4. The molecule has 0 unspecified atom stereocenters. The molecule has 29 heavy (non-hydrogen) atoms. The fraction of sp³-hybridized carbons (Fsp3) is 0.120. The molecule has 0 atom stereocenters. The van der Waals surface area contributed by atoms with Crippen LogP contribution in [0, 0.1) is 13.8 Å². The standard InChI is InChI=1S/C25H23N3O/c1-18-14-19(2)26-24(15-18)27-25(29)13-12-21-17-28(16-20-8-4-3-5-9-20)23-11-7-6-10-22(21)23/h3-15,17H,16H2,1-2H3,(H,26,27,29)/b13-12+. The monoisotopic (exact) mass is 381 g/mol. The average molecular weight is 381 g/mol. The van der Waals surface area contributed by atoms with E-state index in [0.29, 0.717) is 5.82 Å². The fourth-order valence-corrected chi connectivity index (χ4v) is 3.56. The number of pyridine rings is 1. The van der Waals surface area contributed by atoms with Crippen LogP contribution in [0.3, 0.4) is 0 Å². The Morgan fingerprint density at radius 3 is 2.59 bits per heavy atom. The van der Waals surface area contributed by atoms with Crippen molar-refractivity contribution in [2.75, 3.05) is 5.32 Å². The van der Waals surface area contributed by atoms with Gasteiger partial charge in [-0.15, -0.1) is 0 Å². The number of fused-ring (bicyclic) bond motifs is 1. The lowest BCUT2D eigenvalue weighted by Gasteiger charge is -2.05. The van der Waals surface area contributed by atoms with Crippen LogP contribution in [-0.4, -0.2) is 15.5 Å². The number of aryl methyl sites for hydroxylation is 2. The van der Waals surface area contributed by atoms with Crippen molar-refractivity contribution < 1.29 is 4.79 Å². The van der Waals surface area contributed by atoms with E-state index in [2.05, 4.69) is 45.3 Å². The van der Waals surface area contributed by atoms with Crippen molar-refractivity contribution in [3.63, 3.8) is 0 Å². The van der Waals surface area contributed by atoms with Gasteiger partial charge in [0.15, 0.2) is 0 Å². The van der Waals surface area contributed by atoms with Gasteiger partial charge in [-0.2, -0.15) is 0 Å². The number of carbonyl (C=O) groups excluding carboxylic acids is 1. The van der Waals surface area contributed by atoms with Gasteiger partial charge in [-0.3, -0.25) is 4.79 Å². The maximum Gasteiger partial charge on any atom is 0.249 e. The summed E-state index contributed by atoms with van der Waals surface area (Å²) in [6.45, 7) is 4.69. The Hall–Kier alpha value is -3.66. The van der Waals surface area contributed by atoms with Gasteiger partial charge in [-0.1, -0.05) is 48.5 Å². The fourth-order valence-electron chi connectivity index (χ4n) is 3.56. The zero-order valence-corrected chi connectivity index (χ0v) is 16.6. The molecule has 0 saturated carbocycles. The Bertz CT molecular complexity index is 1170. The highest BCUT2D eigenvalue weighted by atomic mass is 16.1. The second-order valence-corrected chi connectivity index (χ2v) is 7.21. The Balaban J connectivity index is 1.58. The Morgan fingerprint density at radius 1 is 1.03 bits per heavy atom. The second kappa shape index (κ2) is 8.15. The zero-order valence-electron chi connectivity index (χ0n) is 16.6. The van der Waals surface area contributed by atoms with Crippen LogP contribution in [0.1, 0.15) is 22.4 Å². The number of hydrogen-bond acceptors (Lipinski definition) is 2. The molecule has 0 bridgehead atoms. The van der Waals surface area contributed by atoms with E-state index < -0.39 is 0 Å². The van der Waals surface area contributed by atoms with E-state index in [4.69, 9.17) is 0 Å². The van der Waals surface area contributed by atoms with Gasteiger partial charge < -0.3 is 9.88 Å². The van der Waals surface area contributed by atoms with Crippen molar-refractivity contribution in [3.8, 4) is 0 Å². The molecule has 0 radical (unpaired) electrons. The van der Waals surface area contributed by atoms with Crippen molar-refractivity contribution in [2.24, 2.45) is 0 Å². The molecule has 1 N–H and O–H groups in total. The van der Waals surface area contributed by atoms with Gasteiger partial charge >= 0.3 is 0 Å². The van der Waals surface area contributed by atoms with Crippen molar-refractivity contribution in [1.29, 1.82) is 0 Å². The van der Waals surface area contributed by atoms with Crippen LogP contribution in [0.15, 0.2) is 79.0 Å². The smallest absolute Gasteiger partial charge is 0.249 e. The summed E-state index contributed by atoms with van der Waals surface area (Å²) in [5.41, 5.74) is 5.35. The number of anilines is 1. The number of nitrogens with zero attached hydrogens (tertiary/aromatic N) is 2. The zero-order chi connectivity index (χ0) is 20.2. The molecule has 144 valence electrons. The number of nitrogens with one attached hydrogen (secondary N) is 1. The molecule has 2 heterocycles. The Labute approximate surface area is 170 Å². The lowest BCUT2D eigenvalue weighted by atomic mass is 10.1. The van der Waals surface area contributed by atoms with Gasteiger partial charge in [0, 0.05) is 41.0 Å². The van der Waals surface area contributed by atoms with Crippen molar-refractivity contribution in [2.45, 2.75) is 20.4 Å². The lowest BCUT2D eigenvalue weighted by Crippen LogP contribution is -2.09. The van der Waals surface area contributed by atoms with Gasteiger partial charge in [0.1, 0.15) is 5.82 Å². The van der Waals surface area contributed by atoms with Crippen molar-refractivity contribution >= 4 is 28.7 Å². The van der Waals surface area contributed by atoms with Crippen LogP contribution in [-0.2, 0) is 11.3 Å². The summed E-state index contributed by atoms with van der Waals surface area (Å²) in [6.07, 6.45) is 5.52. The van der Waals surface area contributed by atoms with E-state index in [1.165, 1.54) is 5.56 Å². The van der Waals surface area contributed by atoms with Crippen LogP contribution in [0.25, 0.3) is 17.0 Å². The van der Waals surface area contributed by atoms with Crippen LogP contribution >= 0.6 is 0 Å². The number of rotatable bonds is 5. The normalized spacial score (nSPS) is 11.2. The minimum Gasteiger partial charge on any atom is -0.342 e. The third-order valence-corrected chi connectivity index (χ3v) is 4.78. The summed E-state index contributed by atoms with van der Waals surface area (Å²) < 4.78 is 2.22. The predicted octanol–water partition coefficient (Wildman–Crippen LogP) is 5.35. The first-order chi connectivity index (χ1) is 14.1. The average Bonchev–Trinajstić information content (AvgIpc) is 3.04. The maximum absolute atomic E-state index is 12.4. The first kappa shape index (κ1) is 18.7. The summed E-state index contributed by atoms with van der Waals surface area (Å²) >= 11 is 0. The summed E-state index contributed by atoms with van der Waals surface area (Å²) in [5.74, 6) is 0.381. The van der Waals surface area contributed by atoms with Gasteiger partial charge in [0.25, 0.3) is 0 Å². The quantitative estimate of drug-likeness (QED) is 0.474. The molecule has 0 fully saturated rings. The van der Waals surface area contributed by atoms with E-state index in [9.17, 15) is 4.79 Å². The third-order valence-electron chi connectivity index (χ3n) is 4.78. The highest BCUT2D eigenvalue weighted by Gasteiger charge is 2.07. The number of carbonyl (C=O) groups is 1. The van der Waals surface area contributed by atoms with E-state index in [-0.39, 0.29) is 5.91 Å². The molecular weight excluding hydrogens is 358 g/mol. The Kier molecular flexibility index (Phi) is 5.25. The largest absolute Gasteiger partial charge is 0.342 e. The number of hydrogen-bond donors (Lipinski definition) is 1. The van der Waals surface area contributed by atoms with Crippen LogP contribution in [0.4, 0.5) is 5.82 Å². The van der Waals surface area contributed by atoms with E-state index >= 15 is 0 Å². The van der Waals surface area contributed by atoms with Gasteiger partial charge in [0.05, 0.1) is 0 Å². The van der Waals surface area contributed by atoms with Crippen LogP contribution in [0.2, 0.25) is 0 Å². The number of aromatic nitrogens is 2. The molecule has 0 aliphatic rings. The summed E-state index contributed by atoms with van der Waals surface area (Å²) in [4.78, 5) is 16.8. The first-order valence-corrected chi connectivity index (χ1v) is 9.65.